The molecule has 0 aliphatic heterocycles. The molecule has 2 N–H and O–H groups in total. The normalized spacial score (nSPS) is 36.6. The van der Waals surface area contributed by atoms with Crippen LogP contribution in [0.25, 0.3) is 0 Å². The number of carboxylic acid groups (broad SMARTS) is 1. The van der Waals surface area contributed by atoms with E-state index < -0.39 is 11.4 Å². The van der Waals surface area contributed by atoms with E-state index in [2.05, 4.69) is 20.8 Å². The van der Waals surface area contributed by atoms with E-state index in [1.54, 1.807) is 6.92 Å². The number of aliphatic hydroxyl groups excluding tert-OH is 1. The standard InChI is InChI=1S/C22H34O6/c1-12(9-19(25)26)7-8-21(5)13(2)17(28-15(4)23)11-22(6)14(3)20(27)16(24)10-18(21)22/h12-13,17-18,27H,7-11H2,1-6H3,(H,25,26)/t12-,13-,17+,18-,21+,22-/m1/s1. The lowest BCUT2D eigenvalue weighted by Crippen LogP contribution is -2.57. The summed E-state index contributed by atoms with van der Waals surface area (Å²) in [7, 11) is 0. The van der Waals surface area contributed by atoms with Crippen LogP contribution in [0.1, 0.15) is 73.6 Å². The van der Waals surface area contributed by atoms with Gasteiger partial charge in [-0.1, -0.05) is 27.7 Å². The number of aliphatic hydroxyl groups is 1. The Morgan fingerprint density at radius 3 is 2.46 bits per heavy atom. The molecule has 0 saturated heterocycles. The lowest BCUT2D eigenvalue weighted by molar-refractivity contribution is -0.172. The summed E-state index contributed by atoms with van der Waals surface area (Å²) in [5, 5.41) is 19.4. The van der Waals surface area contributed by atoms with Crippen LogP contribution in [-0.4, -0.2) is 34.0 Å². The summed E-state index contributed by atoms with van der Waals surface area (Å²) in [5.41, 5.74) is -0.102. The SMILES string of the molecule is CC(=O)O[C@H]1C[C@]2(C)C(C)=C(O)C(=O)C[C@@H]2[C@@](C)(CC[C@@H](C)CC(=O)O)[C@@H]1C. The number of fused-ring (bicyclic) bond motifs is 1. The van der Waals surface area contributed by atoms with Crippen LogP contribution in [0.5, 0.6) is 0 Å². The van der Waals surface area contributed by atoms with Crippen LogP contribution in [0.2, 0.25) is 0 Å². The number of carboxylic acids is 1. The largest absolute Gasteiger partial charge is 0.504 e. The number of hydrogen-bond acceptors (Lipinski definition) is 5. The lowest BCUT2D eigenvalue weighted by Gasteiger charge is -2.59. The molecule has 6 heteroatoms. The van der Waals surface area contributed by atoms with Crippen molar-refractivity contribution in [3.63, 3.8) is 0 Å². The van der Waals surface area contributed by atoms with Gasteiger partial charge in [0.25, 0.3) is 0 Å². The third kappa shape index (κ3) is 3.96. The predicted molar refractivity (Wildman–Crippen MR) is 105 cm³/mol. The van der Waals surface area contributed by atoms with Gasteiger partial charge >= 0.3 is 11.9 Å². The first kappa shape index (κ1) is 22.4. The van der Waals surface area contributed by atoms with Crippen LogP contribution in [0.3, 0.4) is 0 Å². The first-order chi connectivity index (χ1) is 12.8. The smallest absolute Gasteiger partial charge is 0.303 e. The maximum atomic E-state index is 12.5. The molecule has 6 atom stereocenters. The highest BCUT2D eigenvalue weighted by Gasteiger charge is 2.59. The Hall–Kier alpha value is -1.85. The van der Waals surface area contributed by atoms with E-state index in [4.69, 9.17) is 9.84 Å². The number of ether oxygens (including phenoxy) is 1. The minimum atomic E-state index is -0.812. The van der Waals surface area contributed by atoms with Crippen molar-refractivity contribution in [2.24, 2.45) is 28.6 Å². The molecular weight excluding hydrogens is 360 g/mol. The summed E-state index contributed by atoms with van der Waals surface area (Å²) < 4.78 is 5.67. The molecule has 2 rings (SSSR count). The summed E-state index contributed by atoms with van der Waals surface area (Å²) in [4.78, 5) is 35.2. The Kier molecular flexibility index (Phi) is 6.31. The summed E-state index contributed by atoms with van der Waals surface area (Å²) in [6.45, 7) is 11.4. The zero-order valence-corrected chi connectivity index (χ0v) is 17.9. The number of allylic oxidation sites excluding steroid dienone is 2. The van der Waals surface area contributed by atoms with Gasteiger partial charge in [0.05, 0.1) is 0 Å². The third-order valence-corrected chi connectivity index (χ3v) is 7.67. The summed E-state index contributed by atoms with van der Waals surface area (Å²) in [6.07, 6.45) is 2.09. The topological polar surface area (TPSA) is 101 Å². The molecule has 0 aromatic heterocycles. The fourth-order valence-corrected chi connectivity index (χ4v) is 5.56. The van der Waals surface area contributed by atoms with Crippen LogP contribution in [0, 0.1) is 28.6 Å². The molecule has 0 amide bonds. The van der Waals surface area contributed by atoms with Gasteiger partial charge in [-0.25, -0.2) is 0 Å². The molecule has 0 unspecified atom stereocenters. The van der Waals surface area contributed by atoms with Gasteiger partial charge in [-0.2, -0.15) is 0 Å². The second-order valence-electron chi connectivity index (χ2n) is 9.46. The zero-order valence-electron chi connectivity index (χ0n) is 17.9. The summed E-state index contributed by atoms with van der Waals surface area (Å²) in [6, 6.07) is 0. The Morgan fingerprint density at radius 1 is 1.32 bits per heavy atom. The molecule has 6 nitrogen and oxygen atoms in total. The van der Waals surface area contributed by atoms with Crippen molar-refractivity contribution in [3.8, 4) is 0 Å². The number of ketones is 1. The van der Waals surface area contributed by atoms with Crippen molar-refractivity contribution in [1.29, 1.82) is 0 Å². The summed E-state index contributed by atoms with van der Waals surface area (Å²) in [5.74, 6) is -1.49. The van der Waals surface area contributed by atoms with Crippen LogP contribution >= 0.6 is 0 Å². The third-order valence-electron chi connectivity index (χ3n) is 7.67. The van der Waals surface area contributed by atoms with E-state index in [0.29, 0.717) is 12.0 Å². The Bertz CT molecular complexity index is 695. The molecule has 1 saturated carbocycles. The van der Waals surface area contributed by atoms with Crippen molar-refractivity contribution >= 4 is 17.7 Å². The maximum Gasteiger partial charge on any atom is 0.303 e. The van der Waals surface area contributed by atoms with Gasteiger partial charge in [-0.05, 0) is 60.3 Å². The molecule has 0 heterocycles. The quantitative estimate of drug-likeness (QED) is 0.652. The van der Waals surface area contributed by atoms with Crippen LogP contribution < -0.4 is 0 Å². The predicted octanol–water partition coefficient (Wildman–Crippen LogP) is 4.28. The van der Waals surface area contributed by atoms with Gasteiger partial charge in [0, 0.05) is 19.8 Å². The molecule has 0 aromatic carbocycles. The number of carbonyl (C=O) groups is 3. The van der Waals surface area contributed by atoms with Gasteiger partial charge < -0.3 is 14.9 Å². The van der Waals surface area contributed by atoms with E-state index in [9.17, 15) is 19.5 Å². The molecule has 158 valence electrons. The van der Waals surface area contributed by atoms with E-state index in [-0.39, 0.29) is 59.6 Å². The average molecular weight is 395 g/mol. The number of Topliss-reactive ketones (excluding diaryl/α,β-unsaturated/α-hetero) is 1. The van der Waals surface area contributed by atoms with Crippen molar-refractivity contribution in [3.05, 3.63) is 11.3 Å². The minimum absolute atomic E-state index is 0.00207. The van der Waals surface area contributed by atoms with Crippen molar-refractivity contribution < 1.29 is 29.3 Å². The second kappa shape index (κ2) is 7.88. The number of rotatable bonds is 6. The van der Waals surface area contributed by atoms with Crippen molar-refractivity contribution in [2.45, 2.75) is 79.8 Å². The number of carbonyl (C=O) groups excluding carboxylic acids is 2. The fourth-order valence-electron chi connectivity index (χ4n) is 5.56. The van der Waals surface area contributed by atoms with Gasteiger partial charge in [-0.3, -0.25) is 14.4 Å². The van der Waals surface area contributed by atoms with Gasteiger partial charge in [-0.15, -0.1) is 0 Å². The van der Waals surface area contributed by atoms with Crippen LogP contribution in [0.4, 0.5) is 0 Å². The maximum absolute atomic E-state index is 12.5. The highest BCUT2D eigenvalue weighted by atomic mass is 16.5. The molecule has 2 aliphatic rings. The van der Waals surface area contributed by atoms with Crippen LogP contribution in [0.15, 0.2) is 11.3 Å². The van der Waals surface area contributed by atoms with Crippen molar-refractivity contribution in [1.82, 2.24) is 0 Å². The number of esters is 1. The van der Waals surface area contributed by atoms with E-state index in [1.165, 1.54) is 6.92 Å². The van der Waals surface area contributed by atoms with Crippen LogP contribution in [-0.2, 0) is 19.1 Å². The van der Waals surface area contributed by atoms with E-state index in [0.717, 1.165) is 12.8 Å². The summed E-state index contributed by atoms with van der Waals surface area (Å²) >= 11 is 0. The molecule has 0 aromatic rings. The monoisotopic (exact) mass is 394 g/mol. The zero-order chi connectivity index (χ0) is 21.4. The Balaban J connectivity index is 2.43. The fraction of sp³-hybridized carbons (Fsp3) is 0.773. The molecule has 0 spiro atoms. The highest BCUT2D eigenvalue weighted by molar-refractivity contribution is 5.95. The first-order valence-corrected chi connectivity index (χ1v) is 10.2. The number of aliphatic carboxylic acids is 1. The second-order valence-corrected chi connectivity index (χ2v) is 9.46. The molecule has 1 fully saturated rings. The van der Waals surface area contributed by atoms with Gasteiger partial charge in [0.15, 0.2) is 11.5 Å². The highest BCUT2D eigenvalue weighted by Crippen LogP contribution is 2.62. The lowest BCUT2D eigenvalue weighted by atomic mass is 9.45. The Morgan fingerprint density at radius 2 is 1.93 bits per heavy atom. The molecule has 2 aliphatic carbocycles. The molecular formula is C22H34O6. The first-order valence-electron chi connectivity index (χ1n) is 10.2. The van der Waals surface area contributed by atoms with Crippen molar-refractivity contribution in [2.75, 3.05) is 0 Å². The van der Waals surface area contributed by atoms with Gasteiger partial charge in [0.2, 0.25) is 0 Å². The Labute approximate surface area is 167 Å². The molecule has 0 bridgehead atoms. The van der Waals surface area contributed by atoms with Gasteiger partial charge in [0.1, 0.15) is 6.10 Å². The minimum Gasteiger partial charge on any atom is -0.504 e. The molecule has 28 heavy (non-hydrogen) atoms. The molecule has 0 radical (unpaired) electrons. The van der Waals surface area contributed by atoms with E-state index >= 15 is 0 Å². The number of hydrogen-bond donors (Lipinski definition) is 2. The van der Waals surface area contributed by atoms with E-state index in [1.807, 2.05) is 6.92 Å². The average Bonchev–Trinajstić information content (AvgIpc) is 2.58.